The van der Waals surface area contributed by atoms with Gasteiger partial charge in [0.25, 0.3) is 5.91 Å². The fourth-order valence-corrected chi connectivity index (χ4v) is 5.93. The molecule has 1 heterocycles. The van der Waals surface area contributed by atoms with Gasteiger partial charge < -0.3 is 19.3 Å². The Bertz CT molecular complexity index is 1780. The number of hydrogen-bond acceptors (Lipinski definition) is 8. The Labute approximate surface area is 294 Å². The van der Waals surface area contributed by atoms with E-state index in [4.69, 9.17) is 29.8 Å². The molecule has 0 spiro atoms. The summed E-state index contributed by atoms with van der Waals surface area (Å²) in [5.74, 6) is 1.37. The minimum Gasteiger partial charge on any atom is -0.494 e. The maximum absolute atomic E-state index is 14.6. The highest BCUT2D eigenvalue weighted by Crippen LogP contribution is 2.44. The number of nitrogens with one attached hydrogen (secondary N) is 2. The first-order valence-electron chi connectivity index (χ1n) is 16.1. The number of nitrogens with zero attached hydrogens (tertiary/aromatic N) is 4. The Balaban J connectivity index is 1.51. The molecule has 0 bridgehead atoms. The summed E-state index contributed by atoms with van der Waals surface area (Å²) in [4.78, 5) is 22.7. The monoisotopic (exact) mass is 726 g/mol. The molecule has 2 atom stereocenters. The molecular weight excluding hydrogens is 688 g/mol. The van der Waals surface area contributed by atoms with Crippen LogP contribution in [0.5, 0.6) is 11.5 Å². The second kappa shape index (κ2) is 17.5. The fraction of sp³-hybridized carbons (Fsp3) is 0.297. The third-order valence-corrected chi connectivity index (χ3v) is 8.58. The van der Waals surface area contributed by atoms with Crippen LogP contribution in [0.1, 0.15) is 47.3 Å². The number of azide groups is 1. The summed E-state index contributed by atoms with van der Waals surface area (Å²) >= 11 is 3.51. The lowest BCUT2D eigenvalue weighted by atomic mass is 9.81. The summed E-state index contributed by atoms with van der Waals surface area (Å²) in [6.45, 7) is 3.46. The lowest BCUT2D eigenvalue weighted by Gasteiger charge is -2.32. The lowest BCUT2D eigenvalue weighted by Crippen LogP contribution is -2.54. The molecule has 11 nitrogen and oxygen atoms in total. The quantitative estimate of drug-likeness (QED) is 0.0359. The van der Waals surface area contributed by atoms with Gasteiger partial charge in [0, 0.05) is 40.9 Å². The molecule has 12 heteroatoms. The first kappa shape index (κ1) is 35.4. The number of para-hydroxylation sites is 1. The van der Waals surface area contributed by atoms with Crippen molar-refractivity contribution < 1.29 is 24.1 Å². The standard InChI is InChI=1S/C37H39BrN6O5/c1-2-47-33-11-6-4-8-27(33)20-21-40-43-36(46)37(24-26-12-16-30(38)17-13-26)34(32-10-5-3-9-29(32)25-41-44-39)49-35(42-37)28-14-18-31(19-15-28)48-23-7-22-45/h3-6,8-19,34,40,45H,2,7,20-25H2,1H3,(H,43,46)/t34-,37-/m0/s1. The van der Waals surface area contributed by atoms with Gasteiger partial charge in [-0.15, -0.1) is 0 Å². The molecule has 0 saturated carbocycles. The van der Waals surface area contributed by atoms with Crippen molar-refractivity contribution >= 4 is 27.7 Å². The van der Waals surface area contributed by atoms with Crippen molar-refractivity contribution in [3.8, 4) is 11.5 Å². The first-order chi connectivity index (χ1) is 24.0. The number of benzene rings is 4. The van der Waals surface area contributed by atoms with Crippen molar-refractivity contribution in [2.45, 2.75) is 44.4 Å². The third kappa shape index (κ3) is 8.98. The molecule has 1 aliphatic rings. The molecule has 0 fully saturated rings. The lowest BCUT2D eigenvalue weighted by molar-refractivity contribution is -0.130. The van der Waals surface area contributed by atoms with Gasteiger partial charge in [-0.1, -0.05) is 75.6 Å². The van der Waals surface area contributed by atoms with Crippen LogP contribution >= 0.6 is 15.9 Å². The molecule has 49 heavy (non-hydrogen) atoms. The van der Waals surface area contributed by atoms with Crippen molar-refractivity contribution in [3.63, 3.8) is 0 Å². The third-order valence-electron chi connectivity index (χ3n) is 8.05. The summed E-state index contributed by atoms with van der Waals surface area (Å²) in [6.07, 6.45) is 0.492. The van der Waals surface area contributed by atoms with Gasteiger partial charge in [-0.3, -0.25) is 10.2 Å². The van der Waals surface area contributed by atoms with Crippen LogP contribution in [0.2, 0.25) is 0 Å². The average Bonchev–Trinajstić information content (AvgIpc) is 3.51. The van der Waals surface area contributed by atoms with E-state index < -0.39 is 11.6 Å². The van der Waals surface area contributed by atoms with Crippen LogP contribution in [0.4, 0.5) is 0 Å². The topological polar surface area (TPSA) is 150 Å². The molecule has 3 N–H and O–H groups in total. The molecule has 0 unspecified atom stereocenters. The molecule has 4 aromatic rings. The van der Waals surface area contributed by atoms with Crippen molar-refractivity contribution in [2.75, 3.05) is 26.4 Å². The van der Waals surface area contributed by atoms with Crippen LogP contribution in [-0.2, 0) is 28.9 Å². The molecule has 254 valence electrons. The summed E-state index contributed by atoms with van der Waals surface area (Å²) < 4.78 is 19.1. The normalized spacial score (nSPS) is 16.6. The SMILES string of the molecule is CCOc1ccccc1CCNNC(=O)[C@@]1(Cc2ccc(Br)cc2)N=C(c2ccc(OCCCO)cc2)O[C@H]1c1ccccc1CN=[N+]=[N-]. The highest BCUT2D eigenvalue weighted by Gasteiger charge is 2.54. The summed E-state index contributed by atoms with van der Waals surface area (Å²) in [5, 5.41) is 12.9. The molecule has 0 aliphatic carbocycles. The Morgan fingerprint density at radius 2 is 1.76 bits per heavy atom. The zero-order valence-electron chi connectivity index (χ0n) is 27.2. The molecule has 0 saturated heterocycles. The predicted octanol–water partition coefficient (Wildman–Crippen LogP) is 6.78. The van der Waals surface area contributed by atoms with Crippen LogP contribution in [0.25, 0.3) is 10.4 Å². The molecule has 1 amide bonds. The number of hydrazine groups is 1. The zero-order chi connectivity index (χ0) is 34.5. The van der Waals surface area contributed by atoms with Crippen LogP contribution in [0.15, 0.2) is 112 Å². The van der Waals surface area contributed by atoms with Crippen LogP contribution in [0, 0.1) is 0 Å². The maximum Gasteiger partial charge on any atom is 0.266 e. The Morgan fingerprint density at radius 3 is 2.49 bits per heavy atom. The minimum atomic E-state index is -1.46. The van der Waals surface area contributed by atoms with Crippen molar-refractivity contribution in [3.05, 3.63) is 140 Å². The molecular formula is C37H39BrN6O5. The van der Waals surface area contributed by atoms with E-state index in [9.17, 15) is 4.79 Å². The number of aliphatic imine (C=N–C) groups is 1. The molecule has 0 radical (unpaired) electrons. The second-order valence-electron chi connectivity index (χ2n) is 11.4. The number of aliphatic hydroxyl groups excluding tert-OH is 1. The Hall–Kier alpha value is -4.87. The van der Waals surface area contributed by atoms with Gasteiger partial charge in [-0.2, -0.15) is 0 Å². The average molecular weight is 728 g/mol. The van der Waals surface area contributed by atoms with E-state index in [2.05, 4.69) is 36.8 Å². The second-order valence-corrected chi connectivity index (χ2v) is 12.3. The molecule has 5 rings (SSSR count). The van der Waals surface area contributed by atoms with E-state index in [1.165, 1.54) is 0 Å². The van der Waals surface area contributed by atoms with Crippen LogP contribution in [0.3, 0.4) is 0 Å². The molecule has 0 aromatic heterocycles. The van der Waals surface area contributed by atoms with E-state index >= 15 is 0 Å². The summed E-state index contributed by atoms with van der Waals surface area (Å²) in [6, 6.07) is 30.3. The van der Waals surface area contributed by atoms with Gasteiger partial charge in [0.2, 0.25) is 5.90 Å². The van der Waals surface area contributed by atoms with E-state index in [-0.39, 0.29) is 25.5 Å². The smallest absolute Gasteiger partial charge is 0.266 e. The Kier molecular flexibility index (Phi) is 12.7. The van der Waals surface area contributed by atoms with Crippen molar-refractivity contribution in [1.29, 1.82) is 0 Å². The van der Waals surface area contributed by atoms with Crippen LogP contribution in [-0.4, -0.2) is 48.8 Å². The van der Waals surface area contributed by atoms with Gasteiger partial charge in [0.05, 0.1) is 19.8 Å². The zero-order valence-corrected chi connectivity index (χ0v) is 28.8. The van der Waals surface area contributed by atoms with Gasteiger partial charge in [0.15, 0.2) is 11.6 Å². The van der Waals surface area contributed by atoms with Crippen molar-refractivity contribution in [1.82, 2.24) is 10.9 Å². The number of ether oxygens (including phenoxy) is 3. The number of hydrogen-bond donors (Lipinski definition) is 3. The number of amides is 1. The predicted molar refractivity (Wildman–Crippen MR) is 191 cm³/mol. The molecule has 1 aliphatic heterocycles. The maximum atomic E-state index is 14.6. The Morgan fingerprint density at radius 1 is 1.02 bits per heavy atom. The number of carbonyl (C=O) groups is 1. The summed E-state index contributed by atoms with van der Waals surface area (Å²) in [5.41, 5.74) is 17.7. The number of aliphatic hydroxyl groups is 1. The highest BCUT2D eigenvalue weighted by atomic mass is 79.9. The van der Waals surface area contributed by atoms with Gasteiger partial charge in [0.1, 0.15) is 11.5 Å². The number of rotatable bonds is 17. The van der Waals surface area contributed by atoms with Gasteiger partial charge >= 0.3 is 0 Å². The van der Waals surface area contributed by atoms with E-state index in [0.29, 0.717) is 55.4 Å². The number of halogens is 1. The van der Waals surface area contributed by atoms with E-state index in [1.807, 2.05) is 91.9 Å². The number of carbonyl (C=O) groups excluding carboxylic acids is 1. The largest absolute Gasteiger partial charge is 0.494 e. The summed E-state index contributed by atoms with van der Waals surface area (Å²) in [7, 11) is 0. The van der Waals surface area contributed by atoms with Crippen molar-refractivity contribution in [2.24, 2.45) is 10.1 Å². The van der Waals surface area contributed by atoms with Gasteiger partial charge in [-0.25, -0.2) is 10.4 Å². The molecule has 4 aromatic carbocycles. The van der Waals surface area contributed by atoms with Gasteiger partial charge in [-0.05, 0) is 83.6 Å². The van der Waals surface area contributed by atoms with Crippen LogP contribution < -0.4 is 20.3 Å². The first-order valence-corrected chi connectivity index (χ1v) is 16.9. The fourth-order valence-electron chi connectivity index (χ4n) is 5.67. The van der Waals surface area contributed by atoms with E-state index in [0.717, 1.165) is 26.9 Å². The van der Waals surface area contributed by atoms with E-state index in [1.54, 1.807) is 12.1 Å². The highest BCUT2D eigenvalue weighted by molar-refractivity contribution is 9.10. The minimum absolute atomic E-state index is 0.0448.